The first kappa shape index (κ1) is 20.4. The number of nitrogens with two attached hydrogens (primary N) is 1. The van der Waals surface area contributed by atoms with E-state index in [0.29, 0.717) is 6.54 Å². The zero-order chi connectivity index (χ0) is 17.0. The minimum atomic E-state index is -0.465. The Kier molecular flexibility index (Phi) is 11.1. The molecule has 0 heterocycles. The summed E-state index contributed by atoms with van der Waals surface area (Å²) in [6.07, 6.45) is 6.87. The molecule has 0 atom stereocenters. The molecule has 0 saturated carbocycles. The van der Waals surface area contributed by atoms with E-state index in [9.17, 15) is 14.4 Å². The molecule has 3 N–H and O–H groups in total. The summed E-state index contributed by atoms with van der Waals surface area (Å²) >= 11 is 0. The van der Waals surface area contributed by atoms with Crippen LogP contribution in [0.15, 0.2) is 0 Å². The second-order valence-electron chi connectivity index (χ2n) is 5.32. The number of hydrogen-bond donors (Lipinski definition) is 2. The van der Waals surface area contributed by atoms with Gasteiger partial charge in [-0.05, 0) is 6.42 Å². The number of unbranched alkanes of at least 4 members (excludes halogenated alkanes) is 5. The summed E-state index contributed by atoms with van der Waals surface area (Å²) in [6, 6.07) is 0. The highest BCUT2D eigenvalue weighted by atomic mass is 16.2. The molecule has 7 heteroatoms. The number of carbonyl (C=O) groups is 3. The van der Waals surface area contributed by atoms with Gasteiger partial charge >= 0.3 is 0 Å². The molecule has 0 aliphatic heterocycles. The van der Waals surface area contributed by atoms with Gasteiger partial charge in [-0.15, -0.1) is 0 Å². The van der Waals surface area contributed by atoms with E-state index in [1.54, 1.807) is 0 Å². The van der Waals surface area contributed by atoms with Crippen molar-refractivity contribution in [1.82, 2.24) is 15.3 Å². The highest BCUT2D eigenvalue weighted by Gasteiger charge is 2.21. The zero-order valence-corrected chi connectivity index (χ0v) is 14.1. The van der Waals surface area contributed by atoms with Crippen molar-refractivity contribution in [3.05, 3.63) is 0 Å². The van der Waals surface area contributed by atoms with Crippen LogP contribution in [-0.2, 0) is 14.4 Å². The molecule has 0 aromatic heterocycles. The van der Waals surface area contributed by atoms with Crippen LogP contribution in [0, 0.1) is 0 Å². The predicted molar refractivity (Wildman–Crippen MR) is 85.6 cm³/mol. The predicted octanol–water partition coefficient (Wildman–Crippen LogP) is 0.644. The molecule has 0 spiro atoms. The lowest BCUT2D eigenvalue weighted by molar-refractivity contribution is -0.160. The summed E-state index contributed by atoms with van der Waals surface area (Å²) in [7, 11) is 1.44. The third-order valence-corrected chi connectivity index (χ3v) is 3.43. The van der Waals surface area contributed by atoms with Crippen LogP contribution in [0.3, 0.4) is 0 Å². The van der Waals surface area contributed by atoms with E-state index in [1.165, 1.54) is 39.7 Å². The van der Waals surface area contributed by atoms with Crippen LogP contribution >= 0.6 is 0 Å². The number of hydrazine groups is 1. The third-order valence-electron chi connectivity index (χ3n) is 3.43. The molecular formula is C15H30N4O3. The van der Waals surface area contributed by atoms with E-state index in [4.69, 9.17) is 5.73 Å². The van der Waals surface area contributed by atoms with Crippen LogP contribution in [0.2, 0.25) is 0 Å². The second kappa shape index (κ2) is 12.0. The molecule has 0 unspecified atom stereocenters. The largest absolute Gasteiger partial charge is 0.354 e. The number of carbonyl (C=O) groups excluding carboxylic acids is 3. The maximum absolute atomic E-state index is 11.9. The van der Waals surface area contributed by atoms with Crippen LogP contribution < -0.4 is 11.1 Å². The molecule has 7 nitrogen and oxygen atoms in total. The average Bonchev–Trinajstić information content (AvgIpc) is 2.50. The van der Waals surface area contributed by atoms with Gasteiger partial charge in [0, 0.05) is 20.5 Å². The molecule has 0 radical (unpaired) electrons. The summed E-state index contributed by atoms with van der Waals surface area (Å²) in [4.78, 5) is 34.9. The Balaban J connectivity index is 4.08. The van der Waals surface area contributed by atoms with Gasteiger partial charge < -0.3 is 11.1 Å². The second-order valence-corrected chi connectivity index (χ2v) is 5.32. The molecule has 0 bridgehead atoms. The maximum atomic E-state index is 11.9. The van der Waals surface area contributed by atoms with Crippen LogP contribution in [0.1, 0.15) is 52.4 Å². The molecule has 3 amide bonds. The summed E-state index contributed by atoms with van der Waals surface area (Å²) in [5.74, 6) is -1.08. The van der Waals surface area contributed by atoms with Crippen molar-refractivity contribution >= 4 is 17.7 Å². The Morgan fingerprint density at radius 1 is 1.05 bits per heavy atom. The van der Waals surface area contributed by atoms with Crippen LogP contribution in [0.4, 0.5) is 0 Å². The minimum Gasteiger partial charge on any atom is -0.354 e. The van der Waals surface area contributed by atoms with E-state index in [1.807, 2.05) is 0 Å². The van der Waals surface area contributed by atoms with Gasteiger partial charge in [0.2, 0.25) is 11.8 Å². The Morgan fingerprint density at radius 3 is 2.18 bits per heavy atom. The van der Waals surface area contributed by atoms with Gasteiger partial charge in [-0.2, -0.15) is 0 Å². The van der Waals surface area contributed by atoms with E-state index in [2.05, 4.69) is 12.2 Å². The normalized spacial score (nSPS) is 10.2. The molecule has 0 aliphatic rings. The van der Waals surface area contributed by atoms with Crippen molar-refractivity contribution in [2.45, 2.75) is 52.4 Å². The molecule has 22 heavy (non-hydrogen) atoms. The smallest absolute Gasteiger partial charge is 0.255 e. The third kappa shape index (κ3) is 8.61. The van der Waals surface area contributed by atoms with Crippen molar-refractivity contribution in [3.8, 4) is 0 Å². The lowest BCUT2D eigenvalue weighted by atomic mass is 10.1. The van der Waals surface area contributed by atoms with Gasteiger partial charge in [-0.1, -0.05) is 39.0 Å². The lowest BCUT2D eigenvalue weighted by Gasteiger charge is -2.30. The fourth-order valence-electron chi connectivity index (χ4n) is 1.96. The van der Waals surface area contributed by atoms with Crippen molar-refractivity contribution in [1.29, 1.82) is 0 Å². The van der Waals surface area contributed by atoms with E-state index in [-0.39, 0.29) is 24.9 Å². The lowest BCUT2D eigenvalue weighted by Crippen LogP contribution is -2.52. The molecule has 128 valence electrons. The van der Waals surface area contributed by atoms with Crippen molar-refractivity contribution in [3.63, 3.8) is 0 Å². The summed E-state index contributed by atoms with van der Waals surface area (Å²) < 4.78 is 0. The van der Waals surface area contributed by atoms with Gasteiger partial charge in [0.1, 0.15) is 6.54 Å². The first-order valence-electron chi connectivity index (χ1n) is 7.95. The topological polar surface area (TPSA) is 95.7 Å². The highest BCUT2D eigenvalue weighted by Crippen LogP contribution is 2.04. The summed E-state index contributed by atoms with van der Waals surface area (Å²) in [5, 5.41) is 4.94. The first-order chi connectivity index (χ1) is 10.4. The Labute approximate surface area is 133 Å². The van der Waals surface area contributed by atoms with Gasteiger partial charge in [0.15, 0.2) is 0 Å². The van der Waals surface area contributed by atoms with Gasteiger partial charge in [-0.25, -0.2) is 5.01 Å². The van der Waals surface area contributed by atoms with Crippen molar-refractivity contribution in [2.24, 2.45) is 5.73 Å². The van der Waals surface area contributed by atoms with Crippen LogP contribution in [0.25, 0.3) is 0 Å². The summed E-state index contributed by atoms with van der Waals surface area (Å²) in [6.45, 7) is 3.64. The standard InChI is InChI=1S/C15H30N4O3/c1-4-5-6-7-8-9-10-17-14(21)12-19(15(22)11-16)18(3)13(2)20/h4-12,16H2,1-3H3,(H,17,21). The Morgan fingerprint density at radius 2 is 1.64 bits per heavy atom. The fourth-order valence-corrected chi connectivity index (χ4v) is 1.96. The van der Waals surface area contributed by atoms with Crippen molar-refractivity contribution < 1.29 is 14.4 Å². The Bertz CT molecular complexity index is 361. The van der Waals surface area contributed by atoms with E-state index < -0.39 is 5.91 Å². The number of amides is 3. The SMILES string of the molecule is CCCCCCCCNC(=O)CN(C(=O)CN)N(C)C(C)=O. The fraction of sp³-hybridized carbons (Fsp3) is 0.800. The van der Waals surface area contributed by atoms with Crippen LogP contribution in [-0.4, -0.2) is 54.4 Å². The maximum Gasteiger partial charge on any atom is 0.255 e. The number of nitrogens with one attached hydrogen (secondary N) is 1. The monoisotopic (exact) mass is 314 g/mol. The van der Waals surface area contributed by atoms with Crippen molar-refractivity contribution in [2.75, 3.05) is 26.7 Å². The molecule has 0 saturated heterocycles. The highest BCUT2D eigenvalue weighted by molar-refractivity contribution is 5.87. The summed E-state index contributed by atoms with van der Waals surface area (Å²) in [5.41, 5.74) is 5.31. The van der Waals surface area contributed by atoms with E-state index >= 15 is 0 Å². The molecule has 0 fully saturated rings. The molecule has 0 aliphatic carbocycles. The van der Waals surface area contributed by atoms with Gasteiger partial charge in [0.25, 0.3) is 5.91 Å². The molecule has 0 rings (SSSR count). The van der Waals surface area contributed by atoms with Gasteiger partial charge in [0.05, 0.1) is 6.54 Å². The average molecular weight is 314 g/mol. The number of hydrogen-bond acceptors (Lipinski definition) is 4. The van der Waals surface area contributed by atoms with Crippen LogP contribution in [0.5, 0.6) is 0 Å². The quantitative estimate of drug-likeness (QED) is 0.457. The Hall–Kier alpha value is -1.63. The molecular weight excluding hydrogens is 284 g/mol. The van der Waals surface area contributed by atoms with E-state index in [0.717, 1.165) is 22.9 Å². The van der Waals surface area contributed by atoms with Gasteiger partial charge in [-0.3, -0.25) is 19.4 Å². The molecule has 0 aromatic carbocycles. The number of rotatable bonds is 10. The first-order valence-corrected chi connectivity index (χ1v) is 7.95. The zero-order valence-electron chi connectivity index (χ0n) is 14.1. The molecule has 0 aromatic rings. The number of nitrogens with zero attached hydrogens (tertiary/aromatic N) is 2. The minimum absolute atomic E-state index is 0.193.